The van der Waals surface area contributed by atoms with Gasteiger partial charge >= 0.3 is 0 Å². The van der Waals surface area contributed by atoms with Gasteiger partial charge in [0.1, 0.15) is 0 Å². The van der Waals surface area contributed by atoms with Crippen LogP contribution in [-0.2, 0) is 15.0 Å². The van der Waals surface area contributed by atoms with Crippen molar-refractivity contribution in [3.8, 4) is 0 Å². The molecule has 0 spiro atoms. The van der Waals surface area contributed by atoms with E-state index in [0.29, 0.717) is 12.3 Å². The second-order valence-electron chi connectivity index (χ2n) is 10.2. The molecule has 1 aromatic rings. The molecule has 6 nitrogen and oxygen atoms in total. The molecule has 162 valence electrons. The summed E-state index contributed by atoms with van der Waals surface area (Å²) in [4.78, 5) is 27.1. The number of likely N-dealkylation sites (tertiary alicyclic amines) is 1. The van der Waals surface area contributed by atoms with Crippen LogP contribution in [0, 0.1) is 5.41 Å². The molecule has 1 N–H and O–H groups in total. The second kappa shape index (κ2) is 6.87. The van der Waals surface area contributed by atoms with Gasteiger partial charge in [0.2, 0.25) is 5.91 Å². The number of hydrogen-bond donors (Lipinski definition) is 1. The van der Waals surface area contributed by atoms with E-state index >= 15 is 0 Å². The summed E-state index contributed by atoms with van der Waals surface area (Å²) in [5.41, 5.74) is 4.79. The average molecular weight is 419 g/mol. The van der Waals surface area contributed by atoms with Crippen molar-refractivity contribution in [3.05, 3.63) is 58.4 Å². The highest BCUT2D eigenvalue weighted by atomic mass is 16.2. The van der Waals surface area contributed by atoms with Crippen LogP contribution in [0.4, 0.5) is 0 Å². The Morgan fingerprint density at radius 1 is 1.26 bits per heavy atom. The Balaban J connectivity index is 1.62. The fourth-order valence-corrected chi connectivity index (χ4v) is 5.89. The van der Waals surface area contributed by atoms with Crippen LogP contribution in [0.2, 0.25) is 0 Å². The maximum absolute atomic E-state index is 13.6. The van der Waals surface area contributed by atoms with E-state index in [-0.39, 0.29) is 23.3 Å². The lowest BCUT2D eigenvalue weighted by Gasteiger charge is -2.48. The van der Waals surface area contributed by atoms with Crippen molar-refractivity contribution in [1.29, 1.82) is 0 Å². The number of amides is 1. The summed E-state index contributed by atoms with van der Waals surface area (Å²) in [7, 11) is 0. The van der Waals surface area contributed by atoms with Crippen LogP contribution in [-0.4, -0.2) is 35.8 Å². The average Bonchev–Trinajstić information content (AvgIpc) is 3.12. The molecule has 4 aliphatic rings. The van der Waals surface area contributed by atoms with Gasteiger partial charge in [0.05, 0.1) is 11.6 Å². The van der Waals surface area contributed by atoms with Crippen molar-refractivity contribution in [3.63, 3.8) is 0 Å². The van der Waals surface area contributed by atoms with E-state index in [2.05, 4.69) is 60.6 Å². The number of allylic oxidation sites excluding steroid dienone is 2. The minimum Gasteiger partial charge on any atom is -0.362 e. The van der Waals surface area contributed by atoms with Gasteiger partial charge in [-0.25, -0.2) is 0 Å². The first-order valence-corrected chi connectivity index (χ1v) is 11.2. The molecule has 1 aromatic carbocycles. The number of benzene rings is 1. The quantitative estimate of drug-likeness (QED) is 0.799. The van der Waals surface area contributed by atoms with Gasteiger partial charge in [-0.2, -0.15) is 10.2 Å². The van der Waals surface area contributed by atoms with Crippen LogP contribution < -0.4 is 5.32 Å². The zero-order valence-electron chi connectivity index (χ0n) is 18.7. The third-order valence-electron chi connectivity index (χ3n) is 7.49. The summed E-state index contributed by atoms with van der Waals surface area (Å²) in [6.45, 7) is 9.62. The molecule has 0 radical (unpaired) electrons. The van der Waals surface area contributed by atoms with Crippen molar-refractivity contribution in [2.45, 2.75) is 64.5 Å². The van der Waals surface area contributed by atoms with Crippen LogP contribution >= 0.6 is 0 Å². The Kier molecular flexibility index (Phi) is 4.47. The van der Waals surface area contributed by atoms with Gasteiger partial charge < -0.3 is 10.2 Å². The van der Waals surface area contributed by atoms with Crippen molar-refractivity contribution in [2.75, 3.05) is 13.1 Å². The predicted molar refractivity (Wildman–Crippen MR) is 118 cm³/mol. The number of fused-ring (bicyclic) bond motifs is 1. The number of nitrogens with one attached hydrogen (secondary N) is 1. The number of ketones is 1. The molecule has 3 aliphatic heterocycles. The second-order valence-corrected chi connectivity index (χ2v) is 10.2. The van der Waals surface area contributed by atoms with E-state index < -0.39 is 5.41 Å². The molecule has 6 heteroatoms. The third-order valence-corrected chi connectivity index (χ3v) is 7.49. The summed E-state index contributed by atoms with van der Waals surface area (Å²) >= 11 is 0. The third kappa shape index (κ3) is 2.99. The maximum atomic E-state index is 13.6. The smallest absolute Gasteiger partial charge is 0.219 e. The highest BCUT2D eigenvalue weighted by molar-refractivity contribution is 6.01. The molecule has 1 fully saturated rings. The Labute approximate surface area is 183 Å². The van der Waals surface area contributed by atoms with Gasteiger partial charge in [0.25, 0.3) is 0 Å². The monoisotopic (exact) mass is 418 g/mol. The van der Waals surface area contributed by atoms with Gasteiger partial charge in [-0.3, -0.25) is 9.59 Å². The summed E-state index contributed by atoms with van der Waals surface area (Å²) in [6, 6.07) is 8.64. The number of Topliss-reactive ketones (excluding diaryl/α,β-unsaturated/α-hetero) is 1. The first kappa shape index (κ1) is 20.2. The van der Waals surface area contributed by atoms with Crippen LogP contribution in [0.25, 0.3) is 0 Å². The minimum absolute atomic E-state index is 0.0662. The summed E-state index contributed by atoms with van der Waals surface area (Å²) in [6.07, 6.45) is 3.81. The predicted octanol–water partition coefficient (Wildman–Crippen LogP) is 4.20. The van der Waals surface area contributed by atoms with Crippen molar-refractivity contribution >= 4 is 11.7 Å². The number of nitrogens with zero attached hydrogens (tertiary/aromatic N) is 3. The normalized spacial score (nSPS) is 29.2. The van der Waals surface area contributed by atoms with Gasteiger partial charge in [0, 0.05) is 49.2 Å². The largest absolute Gasteiger partial charge is 0.362 e. The van der Waals surface area contributed by atoms with Gasteiger partial charge in [-0.05, 0) is 29.4 Å². The van der Waals surface area contributed by atoms with E-state index in [0.717, 1.165) is 48.3 Å². The molecule has 5 rings (SSSR count). The standard InChI is InChI=1S/C25H30N4O2/c1-5-25(18-8-6-7-16(9-18)17-13-29(14-17)15(2)30)19-12-26-28-23(19)27-20-10-24(3,4)11-21(31)22(20)25/h6-9,12,17,23,27H,5,10-11,13-14H2,1-4H3. The minimum atomic E-state index is -0.512. The molecular formula is C25H30N4O2. The van der Waals surface area contributed by atoms with E-state index in [9.17, 15) is 9.59 Å². The van der Waals surface area contributed by atoms with E-state index in [1.54, 1.807) is 6.92 Å². The van der Waals surface area contributed by atoms with E-state index in [1.165, 1.54) is 5.56 Å². The zero-order chi connectivity index (χ0) is 22.0. The lowest BCUT2D eigenvalue weighted by Crippen LogP contribution is -2.51. The molecule has 0 aromatic heterocycles. The van der Waals surface area contributed by atoms with Crippen molar-refractivity contribution < 1.29 is 9.59 Å². The first-order chi connectivity index (χ1) is 14.7. The molecule has 0 bridgehead atoms. The lowest BCUT2D eigenvalue weighted by atomic mass is 9.58. The van der Waals surface area contributed by atoms with Gasteiger partial charge in [0.15, 0.2) is 11.9 Å². The Morgan fingerprint density at radius 2 is 2.03 bits per heavy atom. The number of azo groups is 1. The zero-order valence-corrected chi connectivity index (χ0v) is 18.7. The van der Waals surface area contributed by atoms with Crippen LogP contribution in [0.3, 0.4) is 0 Å². The first-order valence-electron chi connectivity index (χ1n) is 11.2. The van der Waals surface area contributed by atoms with Gasteiger partial charge in [-0.15, -0.1) is 0 Å². The van der Waals surface area contributed by atoms with Crippen LogP contribution in [0.1, 0.15) is 64.0 Å². The highest BCUT2D eigenvalue weighted by Crippen LogP contribution is 2.54. The van der Waals surface area contributed by atoms with Crippen molar-refractivity contribution in [1.82, 2.24) is 10.2 Å². The molecule has 0 saturated carbocycles. The summed E-state index contributed by atoms with van der Waals surface area (Å²) in [5.74, 6) is 0.698. The van der Waals surface area contributed by atoms with Gasteiger partial charge in [-0.1, -0.05) is 45.0 Å². The fraction of sp³-hybridized carbons (Fsp3) is 0.520. The van der Waals surface area contributed by atoms with Crippen LogP contribution in [0.15, 0.2) is 57.5 Å². The molecule has 2 unspecified atom stereocenters. The number of carbonyl (C=O) groups is 2. The Morgan fingerprint density at radius 3 is 2.74 bits per heavy atom. The summed E-state index contributed by atoms with van der Waals surface area (Å²) in [5, 5.41) is 12.2. The fourth-order valence-electron chi connectivity index (χ4n) is 5.89. The molecule has 1 saturated heterocycles. The summed E-state index contributed by atoms with van der Waals surface area (Å²) < 4.78 is 0. The molecular weight excluding hydrogens is 388 g/mol. The Hall–Kier alpha value is -2.76. The maximum Gasteiger partial charge on any atom is 0.219 e. The Bertz CT molecular complexity index is 1060. The van der Waals surface area contributed by atoms with E-state index in [4.69, 9.17) is 0 Å². The molecule has 2 atom stereocenters. The van der Waals surface area contributed by atoms with Crippen LogP contribution in [0.5, 0.6) is 0 Å². The number of hydrogen-bond acceptors (Lipinski definition) is 5. The number of carbonyl (C=O) groups excluding carboxylic acids is 2. The SMILES string of the molecule is CCC1(c2cccc(C3CN(C(C)=O)C3)c2)C2=CN=NC2NC2=C1C(=O)CC(C)(C)C2. The van der Waals surface area contributed by atoms with E-state index in [1.807, 2.05) is 11.1 Å². The van der Waals surface area contributed by atoms with Crippen molar-refractivity contribution in [2.24, 2.45) is 15.6 Å². The highest BCUT2D eigenvalue weighted by Gasteiger charge is 2.53. The topological polar surface area (TPSA) is 74.1 Å². The molecule has 3 heterocycles. The molecule has 31 heavy (non-hydrogen) atoms. The molecule has 1 aliphatic carbocycles. The lowest BCUT2D eigenvalue weighted by molar-refractivity contribution is -0.133. The molecule has 1 amide bonds. The number of rotatable bonds is 3.